The number of nitrogens with one attached hydrogen (secondary N) is 3. The molecule has 1 fully saturated rings. The number of anilines is 1. The molecule has 0 aliphatic carbocycles. The van der Waals surface area contributed by atoms with Gasteiger partial charge < -0.3 is 15.4 Å². The quantitative estimate of drug-likeness (QED) is 0.677. The molecule has 4 rings (SSSR count). The zero-order chi connectivity index (χ0) is 17.3. The number of hydrogen-bond acceptors (Lipinski definition) is 5. The molecule has 0 bridgehead atoms. The Kier molecular flexibility index (Phi) is 3.95. The highest BCUT2D eigenvalue weighted by molar-refractivity contribution is 6.01. The van der Waals surface area contributed by atoms with E-state index in [1.165, 1.54) is 0 Å². The summed E-state index contributed by atoms with van der Waals surface area (Å²) >= 11 is 0. The minimum atomic E-state index is -0.806. The van der Waals surface area contributed by atoms with Crippen LogP contribution in [0.1, 0.15) is 6.42 Å². The maximum absolute atomic E-state index is 12.7. The highest BCUT2D eigenvalue weighted by Crippen LogP contribution is 2.29. The molecule has 0 radical (unpaired) electrons. The van der Waals surface area contributed by atoms with Crippen LogP contribution in [0.2, 0.25) is 0 Å². The minimum Gasteiger partial charge on any atom is -0.367 e. The first-order valence-corrected chi connectivity index (χ1v) is 8.18. The first-order valence-electron chi connectivity index (χ1n) is 8.18. The van der Waals surface area contributed by atoms with E-state index in [1.54, 1.807) is 19.5 Å². The molecule has 7 nitrogen and oxygen atoms in total. The summed E-state index contributed by atoms with van der Waals surface area (Å²) in [6.07, 6.45) is 4.12. The number of nitrogens with zero attached hydrogens (tertiary/aromatic N) is 2. The SMILES string of the molecule is CO[C@@]1(C(=O)Nc2ccc3[nH]nc(-c4ccncc4)c3c2)CCNC1. The maximum Gasteiger partial charge on any atom is 0.257 e. The van der Waals surface area contributed by atoms with E-state index in [4.69, 9.17) is 4.74 Å². The van der Waals surface area contributed by atoms with E-state index in [9.17, 15) is 4.79 Å². The molecule has 0 spiro atoms. The number of H-pyrrole nitrogens is 1. The summed E-state index contributed by atoms with van der Waals surface area (Å²) in [5.74, 6) is -0.131. The predicted molar refractivity (Wildman–Crippen MR) is 95.2 cm³/mol. The van der Waals surface area contributed by atoms with E-state index < -0.39 is 5.60 Å². The fourth-order valence-corrected chi connectivity index (χ4v) is 3.20. The van der Waals surface area contributed by atoms with Gasteiger partial charge in [-0.2, -0.15) is 5.10 Å². The molecule has 0 saturated carbocycles. The van der Waals surface area contributed by atoms with Crippen molar-refractivity contribution < 1.29 is 9.53 Å². The molecule has 1 saturated heterocycles. The molecule has 0 unspecified atom stereocenters. The van der Waals surface area contributed by atoms with Gasteiger partial charge in [-0.3, -0.25) is 14.9 Å². The Bertz CT molecular complexity index is 900. The van der Waals surface area contributed by atoms with E-state index in [0.717, 1.165) is 34.4 Å². The number of methoxy groups -OCH3 is 1. The van der Waals surface area contributed by atoms with Gasteiger partial charge in [-0.15, -0.1) is 0 Å². The Morgan fingerprint density at radius 1 is 1.28 bits per heavy atom. The zero-order valence-electron chi connectivity index (χ0n) is 13.9. The summed E-state index contributed by atoms with van der Waals surface area (Å²) in [6, 6.07) is 9.52. The van der Waals surface area contributed by atoms with E-state index in [2.05, 4.69) is 25.8 Å². The monoisotopic (exact) mass is 337 g/mol. The Hall–Kier alpha value is -2.77. The number of carbonyl (C=O) groups excluding carboxylic acids is 1. The summed E-state index contributed by atoms with van der Waals surface area (Å²) < 4.78 is 5.50. The standard InChI is InChI=1S/C18H19N5O2/c1-25-18(6-9-20-11-18)17(24)21-13-2-3-15-14(10-13)16(23-22-15)12-4-7-19-8-5-12/h2-5,7-8,10,20H,6,9,11H2,1H3,(H,21,24)(H,22,23)/t18-/m0/s1. The molecular weight excluding hydrogens is 318 g/mol. The fourth-order valence-electron chi connectivity index (χ4n) is 3.20. The van der Waals surface area contributed by atoms with E-state index in [-0.39, 0.29) is 5.91 Å². The number of aromatic amines is 1. The average molecular weight is 337 g/mol. The van der Waals surface area contributed by atoms with Crippen molar-refractivity contribution in [3.63, 3.8) is 0 Å². The number of amides is 1. The van der Waals surface area contributed by atoms with Gasteiger partial charge in [0.05, 0.1) is 5.52 Å². The molecule has 1 aliphatic heterocycles. The number of aromatic nitrogens is 3. The Morgan fingerprint density at radius 2 is 2.12 bits per heavy atom. The van der Waals surface area contributed by atoms with Crippen molar-refractivity contribution in [3.8, 4) is 11.3 Å². The molecule has 1 aromatic carbocycles. The molecule has 2 aromatic heterocycles. The Labute approximate surface area is 144 Å². The van der Waals surface area contributed by atoms with Crippen molar-refractivity contribution in [2.45, 2.75) is 12.0 Å². The van der Waals surface area contributed by atoms with Crippen molar-refractivity contribution in [1.29, 1.82) is 0 Å². The van der Waals surface area contributed by atoms with Gasteiger partial charge in [0.2, 0.25) is 0 Å². The van der Waals surface area contributed by atoms with Gasteiger partial charge in [-0.05, 0) is 43.3 Å². The Balaban J connectivity index is 1.66. The number of rotatable bonds is 4. The van der Waals surface area contributed by atoms with E-state index in [0.29, 0.717) is 13.0 Å². The third-order valence-corrected chi connectivity index (χ3v) is 4.70. The largest absolute Gasteiger partial charge is 0.367 e. The summed E-state index contributed by atoms with van der Waals surface area (Å²) in [7, 11) is 1.58. The second-order valence-electron chi connectivity index (χ2n) is 6.15. The van der Waals surface area contributed by atoms with Crippen LogP contribution in [0.5, 0.6) is 0 Å². The van der Waals surface area contributed by atoms with Gasteiger partial charge in [0, 0.05) is 42.7 Å². The lowest BCUT2D eigenvalue weighted by atomic mass is 10.0. The average Bonchev–Trinajstić information content (AvgIpc) is 3.30. The summed E-state index contributed by atoms with van der Waals surface area (Å²) in [5, 5.41) is 14.5. The van der Waals surface area contributed by atoms with Crippen LogP contribution in [0.3, 0.4) is 0 Å². The van der Waals surface area contributed by atoms with Crippen molar-refractivity contribution >= 4 is 22.5 Å². The van der Waals surface area contributed by atoms with Gasteiger partial charge >= 0.3 is 0 Å². The topological polar surface area (TPSA) is 91.9 Å². The second-order valence-corrected chi connectivity index (χ2v) is 6.15. The van der Waals surface area contributed by atoms with E-state index >= 15 is 0 Å². The number of ether oxygens (including phenoxy) is 1. The number of fused-ring (bicyclic) bond motifs is 1. The van der Waals surface area contributed by atoms with Crippen molar-refractivity contribution in [2.24, 2.45) is 0 Å². The molecule has 128 valence electrons. The molecule has 7 heteroatoms. The predicted octanol–water partition coefficient (Wildman–Crippen LogP) is 1.94. The third kappa shape index (κ3) is 2.77. The molecule has 3 N–H and O–H groups in total. The van der Waals surface area contributed by atoms with Crippen LogP contribution in [0.15, 0.2) is 42.7 Å². The van der Waals surface area contributed by atoms with E-state index in [1.807, 2.05) is 30.3 Å². The summed E-state index contributed by atoms with van der Waals surface area (Å²) in [4.78, 5) is 16.7. The van der Waals surface area contributed by atoms with Crippen molar-refractivity contribution in [3.05, 3.63) is 42.7 Å². The van der Waals surface area contributed by atoms with Gasteiger partial charge in [0.15, 0.2) is 5.60 Å². The highest BCUT2D eigenvalue weighted by Gasteiger charge is 2.41. The molecule has 3 heterocycles. The second kappa shape index (κ2) is 6.27. The summed E-state index contributed by atoms with van der Waals surface area (Å²) in [6.45, 7) is 1.29. The molecule has 1 atom stereocenters. The van der Waals surface area contributed by atoms with Crippen LogP contribution < -0.4 is 10.6 Å². The van der Waals surface area contributed by atoms with Crippen LogP contribution in [0.4, 0.5) is 5.69 Å². The van der Waals surface area contributed by atoms with Crippen LogP contribution in [0, 0.1) is 0 Å². The van der Waals surface area contributed by atoms with Crippen molar-refractivity contribution in [1.82, 2.24) is 20.5 Å². The maximum atomic E-state index is 12.7. The number of pyridine rings is 1. The molecule has 3 aromatic rings. The lowest BCUT2D eigenvalue weighted by Gasteiger charge is -2.25. The number of carbonyl (C=O) groups is 1. The highest BCUT2D eigenvalue weighted by atomic mass is 16.5. The first kappa shape index (κ1) is 15.7. The van der Waals surface area contributed by atoms with Gasteiger partial charge in [-0.1, -0.05) is 0 Å². The van der Waals surface area contributed by atoms with Crippen molar-refractivity contribution in [2.75, 3.05) is 25.5 Å². The molecular formula is C18H19N5O2. The van der Waals surface area contributed by atoms with Crippen LogP contribution >= 0.6 is 0 Å². The smallest absolute Gasteiger partial charge is 0.257 e. The lowest BCUT2D eigenvalue weighted by Crippen LogP contribution is -2.46. The summed E-state index contributed by atoms with van der Waals surface area (Å²) in [5.41, 5.74) is 2.63. The molecule has 1 aliphatic rings. The normalized spacial score (nSPS) is 20.0. The zero-order valence-corrected chi connectivity index (χ0v) is 13.9. The fraction of sp³-hybridized carbons (Fsp3) is 0.278. The first-order chi connectivity index (χ1) is 12.2. The number of benzene rings is 1. The van der Waals surface area contributed by atoms with Gasteiger partial charge in [-0.25, -0.2) is 0 Å². The van der Waals surface area contributed by atoms with Crippen LogP contribution in [0.25, 0.3) is 22.2 Å². The van der Waals surface area contributed by atoms with Gasteiger partial charge in [0.25, 0.3) is 5.91 Å². The molecule has 25 heavy (non-hydrogen) atoms. The Morgan fingerprint density at radius 3 is 2.84 bits per heavy atom. The number of hydrogen-bond donors (Lipinski definition) is 3. The minimum absolute atomic E-state index is 0.131. The lowest BCUT2D eigenvalue weighted by molar-refractivity contribution is -0.135. The van der Waals surface area contributed by atoms with Crippen LogP contribution in [-0.2, 0) is 9.53 Å². The van der Waals surface area contributed by atoms with Gasteiger partial charge in [0.1, 0.15) is 5.69 Å². The van der Waals surface area contributed by atoms with Crippen LogP contribution in [-0.4, -0.2) is 46.9 Å². The molecule has 1 amide bonds. The third-order valence-electron chi connectivity index (χ3n) is 4.70.